The summed E-state index contributed by atoms with van der Waals surface area (Å²) in [4.78, 5) is 16.6. The van der Waals surface area contributed by atoms with Crippen molar-refractivity contribution in [3.63, 3.8) is 0 Å². The third-order valence-electron chi connectivity index (χ3n) is 5.14. The van der Waals surface area contributed by atoms with Crippen molar-refractivity contribution in [1.82, 2.24) is 15.1 Å². The minimum absolute atomic E-state index is 0.0153. The first-order valence-electron chi connectivity index (χ1n) is 9.27. The molecule has 2 heterocycles. The molecule has 1 atom stereocenters. The van der Waals surface area contributed by atoms with E-state index in [1.807, 2.05) is 24.3 Å². The van der Waals surface area contributed by atoms with Crippen molar-refractivity contribution in [3.8, 4) is 11.5 Å². The quantitative estimate of drug-likeness (QED) is 0.858. The maximum atomic E-state index is 12.3. The Balaban J connectivity index is 1.41. The van der Waals surface area contributed by atoms with Gasteiger partial charge in [0.25, 0.3) is 0 Å². The van der Waals surface area contributed by atoms with Crippen molar-refractivity contribution in [2.24, 2.45) is 0 Å². The number of para-hydroxylation sites is 2. The Bertz CT molecular complexity index is 575. The lowest BCUT2D eigenvalue weighted by molar-refractivity contribution is 0.0415. The van der Waals surface area contributed by atoms with Crippen LogP contribution in [0.2, 0.25) is 0 Å². The summed E-state index contributed by atoms with van der Waals surface area (Å²) in [6.07, 6.45) is 3.74. The predicted molar refractivity (Wildman–Crippen MR) is 97.3 cm³/mol. The van der Waals surface area contributed by atoms with Gasteiger partial charge in [0.1, 0.15) is 6.10 Å². The molecule has 2 amide bonds. The van der Waals surface area contributed by atoms with Gasteiger partial charge in [-0.2, -0.15) is 0 Å². The van der Waals surface area contributed by atoms with Gasteiger partial charge in [-0.05, 0) is 38.1 Å². The molecule has 1 N–H and O–H groups in total. The number of piperidine rings is 1. The molecular weight excluding hydrogens is 318 g/mol. The van der Waals surface area contributed by atoms with Gasteiger partial charge in [-0.25, -0.2) is 4.79 Å². The molecule has 3 rings (SSSR count). The summed E-state index contributed by atoms with van der Waals surface area (Å²) in [5, 5.41) is 3.09. The number of carbonyl (C=O) groups is 1. The average molecular weight is 347 g/mol. The standard InChI is InChI=1S/C19H29N3O3/c1-3-21-11-7-6-8-15(21)12-20-19(23)22-13-16(14-22)25-18-10-5-4-9-17(18)24-2/h4-5,9-10,15-16H,3,6-8,11-14H2,1-2H3,(H,20,23)/t15-/m1/s1. The maximum Gasteiger partial charge on any atom is 0.317 e. The van der Waals surface area contributed by atoms with Crippen molar-refractivity contribution in [2.75, 3.05) is 39.8 Å². The smallest absolute Gasteiger partial charge is 0.317 e. The minimum atomic E-state index is 0.0153. The molecule has 0 radical (unpaired) electrons. The number of nitrogens with one attached hydrogen (secondary N) is 1. The van der Waals surface area contributed by atoms with E-state index in [1.54, 1.807) is 12.0 Å². The molecule has 0 aromatic heterocycles. The van der Waals surface area contributed by atoms with Gasteiger partial charge in [-0.3, -0.25) is 4.90 Å². The normalized spacial score (nSPS) is 21.5. The zero-order valence-electron chi connectivity index (χ0n) is 15.2. The summed E-state index contributed by atoms with van der Waals surface area (Å²) < 4.78 is 11.2. The molecule has 0 spiro atoms. The highest BCUT2D eigenvalue weighted by Gasteiger charge is 2.33. The zero-order valence-corrected chi connectivity index (χ0v) is 15.2. The first kappa shape index (κ1) is 17.9. The number of likely N-dealkylation sites (N-methyl/N-ethyl adjacent to an activating group) is 1. The molecule has 1 aromatic rings. The second-order valence-electron chi connectivity index (χ2n) is 6.76. The summed E-state index contributed by atoms with van der Waals surface area (Å²) in [5.74, 6) is 1.46. The fourth-order valence-electron chi connectivity index (χ4n) is 3.60. The summed E-state index contributed by atoms with van der Waals surface area (Å²) >= 11 is 0. The van der Waals surface area contributed by atoms with E-state index in [9.17, 15) is 4.79 Å². The number of carbonyl (C=O) groups excluding carboxylic acids is 1. The topological polar surface area (TPSA) is 54.0 Å². The number of likely N-dealkylation sites (tertiary alicyclic amines) is 2. The van der Waals surface area contributed by atoms with Gasteiger partial charge in [0.05, 0.1) is 20.2 Å². The minimum Gasteiger partial charge on any atom is -0.493 e. The highest BCUT2D eigenvalue weighted by molar-refractivity contribution is 5.75. The van der Waals surface area contributed by atoms with E-state index in [2.05, 4.69) is 17.1 Å². The number of rotatable bonds is 6. The monoisotopic (exact) mass is 347 g/mol. The molecule has 2 aliphatic heterocycles. The van der Waals surface area contributed by atoms with Crippen LogP contribution in [-0.4, -0.2) is 67.8 Å². The molecule has 138 valence electrons. The van der Waals surface area contributed by atoms with Gasteiger partial charge in [0.2, 0.25) is 0 Å². The van der Waals surface area contributed by atoms with Crippen LogP contribution in [0.25, 0.3) is 0 Å². The summed E-state index contributed by atoms with van der Waals surface area (Å²) in [7, 11) is 1.63. The number of urea groups is 1. The average Bonchev–Trinajstić information content (AvgIpc) is 2.62. The molecule has 2 aliphatic rings. The van der Waals surface area contributed by atoms with Crippen LogP contribution in [0.15, 0.2) is 24.3 Å². The van der Waals surface area contributed by atoms with Gasteiger partial charge in [-0.15, -0.1) is 0 Å². The molecule has 2 fully saturated rings. The molecule has 0 aliphatic carbocycles. The summed E-state index contributed by atoms with van der Waals surface area (Å²) in [6, 6.07) is 8.10. The molecule has 0 bridgehead atoms. The van der Waals surface area contributed by atoms with Crippen molar-refractivity contribution < 1.29 is 14.3 Å². The first-order valence-corrected chi connectivity index (χ1v) is 9.27. The molecule has 1 aromatic carbocycles. The van der Waals surface area contributed by atoms with Gasteiger partial charge < -0.3 is 19.7 Å². The van der Waals surface area contributed by atoms with Crippen molar-refractivity contribution >= 4 is 6.03 Å². The summed E-state index contributed by atoms with van der Waals surface area (Å²) in [6.45, 7) is 6.36. The van der Waals surface area contributed by atoms with Crippen LogP contribution >= 0.6 is 0 Å². The highest BCUT2D eigenvalue weighted by atomic mass is 16.5. The van der Waals surface area contributed by atoms with E-state index in [-0.39, 0.29) is 12.1 Å². The molecule has 6 heteroatoms. The van der Waals surface area contributed by atoms with E-state index in [4.69, 9.17) is 9.47 Å². The first-order chi connectivity index (χ1) is 12.2. The van der Waals surface area contributed by atoms with E-state index in [0.717, 1.165) is 31.1 Å². The van der Waals surface area contributed by atoms with Crippen LogP contribution in [-0.2, 0) is 0 Å². The van der Waals surface area contributed by atoms with E-state index in [1.165, 1.54) is 19.3 Å². The van der Waals surface area contributed by atoms with Crippen LogP contribution in [0.4, 0.5) is 4.79 Å². The SMILES string of the molecule is CCN1CCCC[C@@H]1CNC(=O)N1CC(Oc2ccccc2OC)C1. The van der Waals surface area contributed by atoms with Crippen molar-refractivity contribution in [2.45, 2.75) is 38.3 Å². The molecule has 0 unspecified atom stereocenters. The van der Waals surface area contributed by atoms with Crippen LogP contribution in [0.5, 0.6) is 11.5 Å². The van der Waals surface area contributed by atoms with Gasteiger partial charge in [0, 0.05) is 12.6 Å². The molecule has 0 saturated carbocycles. The lowest BCUT2D eigenvalue weighted by atomic mass is 10.0. The van der Waals surface area contributed by atoms with Crippen LogP contribution in [0.1, 0.15) is 26.2 Å². The number of hydrogen-bond donors (Lipinski definition) is 1. The second-order valence-corrected chi connectivity index (χ2v) is 6.76. The molecule has 6 nitrogen and oxygen atoms in total. The lowest BCUT2D eigenvalue weighted by Gasteiger charge is -2.40. The van der Waals surface area contributed by atoms with E-state index >= 15 is 0 Å². The predicted octanol–water partition coefficient (Wildman–Crippen LogP) is 2.34. The van der Waals surface area contributed by atoms with E-state index < -0.39 is 0 Å². The van der Waals surface area contributed by atoms with Crippen LogP contribution in [0.3, 0.4) is 0 Å². The Hall–Kier alpha value is -1.95. The third kappa shape index (κ3) is 4.37. The lowest BCUT2D eigenvalue weighted by Crippen LogP contribution is -2.60. The van der Waals surface area contributed by atoms with E-state index in [0.29, 0.717) is 19.1 Å². The van der Waals surface area contributed by atoms with Crippen molar-refractivity contribution in [3.05, 3.63) is 24.3 Å². The molecule has 25 heavy (non-hydrogen) atoms. The molecule has 2 saturated heterocycles. The Kier molecular flexibility index (Phi) is 6.02. The second kappa shape index (κ2) is 8.43. The zero-order chi connectivity index (χ0) is 17.6. The number of methoxy groups -OCH3 is 1. The molecular formula is C19H29N3O3. The number of hydrogen-bond acceptors (Lipinski definition) is 4. The Labute approximate surface area is 150 Å². The highest BCUT2D eigenvalue weighted by Crippen LogP contribution is 2.28. The largest absolute Gasteiger partial charge is 0.493 e. The number of nitrogens with zero attached hydrogens (tertiary/aromatic N) is 2. The van der Waals surface area contributed by atoms with Gasteiger partial charge in [-0.1, -0.05) is 25.5 Å². The fourth-order valence-corrected chi connectivity index (χ4v) is 3.60. The maximum absolute atomic E-state index is 12.3. The van der Waals surface area contributed by atoms with Crippen LogP contribution in [0, 0.1) is 0 Å². The Morgan fingerprint density at radius 1 is 1.24 bits per heavy atom. The van der Waals surface area contributed by atoms with Gasteiger partial charge >= 0.3 is 6.03 Å². The summed E-state index contributed by atoms with van der Waals surface area (Å²) in [5.41, 5.74) is 0. The Morgan fingerprint density at radius 2 is 2.00 bits per heavy atom. The van der Waals surface area contributed by atoms with Gasteiger partial charge in [0.15, 0.2) is 11.5 Å². The number of amides is 2. The Morgan fingerprint density at radius 3 is 2.72 bits per heavy atom. The number of ether oxygens (including phenoxy) is 2. The van der Waals surface area contributed by atoms with Crippen LogP contribution < -0.4 is 14.8 Å². The number of benzene rings is 1. The fraction of sp³-hybridized carbons (Fsp3) is 0.632. The third-order valence-corrected chi connectivity index (χ3v) is 5.14. The van der Waals surface area contributed by atoms with Crippen molar-refractivity contribution in [1.29, 1.82) is 0 Å².